The van der Waals surface area contributed by atoms with E-state index in [0.29, 0.717) is 17.6 Å². The number of benzene rings is 3. The van der Waals surface area contributed by atoms with Crippen molar-refractivity contribution in [2.45, 2.75) is 50.6 Å². The van der Waals surface area contributed by atoms with Crippen LogP contribution in [-0.4, -0.2) is 40.7 Å². The number of hydrogen-bond acceptors (Lipinski definition) is 6. The molecule has 0 spiro atoms. The highest BCUT2D eigenvalue weighted by molar-refractivity contribution is 9.18. The van der Waals surface area contributed by atoms with Gasteiger partial charge < -0.3 is 25.5 Å². The SMILES string of the molecule is O=C(N[C@@H](Cc1ccccc1)C(=O)N[C@@H](CC1CC(Br)=NO1)C(=O)NCc1ccccc1)OCc1ccccc1. The van der Waals surface area contributed by atoms with Gasteiger partial charge in [-0.25, -0.2) is 4.79 Å². The highest BCUT2D eigenvalue weighted by Crippen LogP contribution is 2.19. The summed E-state index contributed by atoms with van der Waals surface area (Å²) in [4.78, 5) is 44.9. The van der Waals surface area contributed by atoms with E-state index in [4.69, 9.17) is 9.57 Å². The molecule has 0 aromatic heterocycles. The maximum atomic E-state index is 13.5. The fraction of sp³-hybridized carbons (Fsp3) is 0.267. The van der Waals surface area contributed by atoms with Gasteiger partial charge in [0.2, 0.25) is 11.8 Å². The maximum absolute atomic E-state index is 13.5. The van der Waals surface area contributed by atoms with Gasteiger partial charge in [0.15, 0.2) is 0 Å². The predicted molar refractivity (Wildman–Crippen MR) is 154 cm³/mol. The third-order valence-electron chi connectivity index (χ3n) is 6.24. The van der Waals surface area contributed by atoms with Crippen LogP contribution in [0.5, 0.6) is 0 Å². The van der Waals surface area contributed by atoms with Gasteiger partial charge in [0, 0.05) is 25.8 Å². The zero-order valence-electron chi connectivity index (χ0n) is 21.8. The van der Waals surface area contributed by atoms with E-state index in [1.54, 1.807) is 0 Å². The van der Waals surface area contributed by atoms with E-state index in [-0.39, 0.29) is 25.4 Å². The molecule has 208 valence electrons. The fourth-order valence-electron chi connectivity index (χ4n) is 4.16. The van der Waals surface area contributed by atoms with E-state index >= 15 is 0 Å². The summed E-state index contributed by atoms with van der Waals surface area (Å²) in [6.07, 6.45) is -0.239. The molecule has 40 heavy (non-hydrogen) atoms. The first-order valence-electron chi connectivity index (χ1n) is 13.0. The van der Waals surface area contributed by atoms with Gasteiger partial charge in [-0.1, -0.05) is 96.2 Å². The lowest BCUT2D eigenvalue weighted by atomic mass is 10.0. The number of halogens is 1. The van der Waals surface area contributed by atoms with Gasteiger partial charge in [-0.3, -0.25) is 9.59 Å². The second-order valence-electron chi connectivity index (χ2n) is 9.35. The Balaban J connectivity index is 1.44. The summed E-state index contributed by atoms with van der Waals surface area (Å²) in [6, 6.07) is 26.1. The molecule has 1 unspecified atom stereocenters. The second kappa shape index (κ2) is 14.8. The number of nitrogens with one attached hydrogen (secondary N) is 3. The maximum Gasteiger partial charge on any atom is 0.408 e. The van der Waals surface area contributed by atoms with Crippen molar-refractivity contribution in [1.82, 2.24) is 16.0 Å². The summed E-state index contributed by atoms with van der Waals surface area (Å²) in [5.41, 5.74) is 2.59. The highest BCUT2D eigenvalue weighted by Gasteiger charge is 2.32. The molecule has 0 bridgehead atoms. The van der Waals surface area contributed by atoms with Crippen LogP contribution in [0.3, 0.4) is 0 Å². The Hall–Kier alpha value is -4.18. The molecule has 1 aliphatic rings. The molecule has 0 saturated heterocycles. The van der Waals surface area contributed by atoms with E-state index in [1.165, 1.54) is 0 Å². The van der Waals surface area contributed by atoms with Crippen molar-refractivity contribution in [3.05, 3.63) is 108 Å². The summed E-state index contributed by atoms with van der Waals surface area (Å²) in [5, 5.41) is 12.3. The molecule has 0 radical (unpaired) electrons. The zero-order valence-corrected chi connectivity index (χ0v) is 23.4. The number of rotatable bonds is 12. The third-order valence-corrected chi connectivity index (χ3v) is 6.71. The molecule has 4 rings (SSSR count). The lowest BCUT2D eigenvalue weighted by Gasteiger charge is -2.24. The molecule has 3 aromatic carbocycles. The summed E-state index contributed by atoms with van der Waals surface area (Å²) in [6.45, 7) is 0.361. The molecule has 3 aromatic rings. The molecule has 10 heteroatoms. The number of carbonyl (C=O) groups excluding carboxylic acids is 3. The van der Waals surface area contributed by atoms with Crippen LogP contribution >= 0.6 is 15.9 Å². The van der Waals surface area contributed by atoms with Gasteiger partial charge in [0.25, 0.3) is 0 Å². The molecule has 0 saturated carbocycles. The van der Waals surface area contributed by atoms with Crippen LogP contribution in [0.1, 0.15) is 29.5 Å². The fourth-order valence-corrected chi connectivity index (χ4v) is 4.61. The molecular formula is C30H31BrN4O5. The highest BCUT2D eigenvalue weighted by atomic mass is 79.9. The summed E-state index contributed by atoms with van der Waals surface area (Å²) in [7, 11) is 0. The Morgan fingerprint density at radius 3 is 2.02 bits per heavy atom. The van der Waals surface area contributed by atoms with E-state index < -0.39 is 30.2 Å². The van der Waals surface area contributed by atoms with Gasteiger partial charge >= 0.3 is 6.09 Å². The average Bonchev–Trinajstić information content (AvgIpc) is 3.40. The van der Waals surface area contributed by atoms with E-state index in [1.807, 2.05) is 91.0 Å². The normalized spacial score (nSPS) is 15.6. The molecule has 1 heterocycles. The molecule has 9 nitrogen and oxygen atoms in total. The van der Waals surface area contributed by atoms with Crippen molar-refractivity contribution in [2.75, 3.05) is 0 Å². The Morgan fingerprint density at radius 1 is 0.825 bits per heavy atom. The first-order valence-corrected chi connectivity index (χ1v) is 13.8. The van der Waals surface area contributed by atoms with Crippen LogP contribution < -0.4 is 16.0 Å². The molecule has 1 aliphatic heterocycles. The minimum atomic E-state index is -0.984. The van der Waals surface area contributed by atoms with Gasteiger partial charge in [0.1, 0.15) is 29.4 Å². The smallest absolute Gasteiger partial charge is 0.408 e. The van der Waals surface area contributed by atoms with E-state index in [2.05, 4.69) is 37.0 Å². The number of ether oxygens (including phenoxy) is 1. The second-order valence-corrected chi connectivity index (χ2v) is 10.3. The number of nitrogens with zero attached hydrogens (tertiary/aromatic N) is 1. The third kappa shape index (κ3) is 9.23. The van der Waals surface area contributed by atoms with Gasteiger partial charge in [-0.2, -0.15) is 0 Å². The monoisotopic (exact) mass is 606 g/mol. The van der Waals surface area contributed by atoms with Crippen LogP contribution in [-0.2, 0) is 38.7 Å². The minimum absolute atomic E-state index is 0.0603. The quantitative estimate of drug-likeness (QED) is 0.285. The van der Waals surface area contributed by atoms with Gasteiger partial charge in [-0.05, 0) is 32.6 Å². The summed E-state index contributed by atoms with van der Waals surface area (Å²) in [5.74, 6) is -0.882. The molecule has 0 fully saturated rings. The Morgan fingerprint density at radius 2 is 1.43 bits per heavy atom. The van der Waals surface area contributed by atoms with Crippen molar-refractivity contribution >= 4 is 38.5 Å². The number of alkyl carbamates (subject to hydrolysis) is 1. The van der Waals surface area contributed by atoms with Gasteiger partial charge in [0.05, 0.1) is 0 Å². The van der Waals surface area contributed by atoms with Crippen LogP contribution in [0.2, 0.25) is 0 Å². The minimum Gasteiger partial charge on any atom is -0.445 e. The number of hydrogen-bond donors (Lipinski definition) is 3. The van der Waals surface area contributed by atoms with E-state index in [9.17, 15) is 14.4 Å². The molecule has 3 N–H and O–H groups in total. The Labute approximate surface area is 241 Å². The van der Waals surface area contributed by atoms with Crippen molar-refractivity contribution in [3.63, 3.8) is 0 Å². The van der Waals surface area contributed by atoms with Crippen LogP contribution in [0.15, 0.2) is 96.2 Å². The topological polar surface area (TPSA) is 118 Å². The first kappa shape index (κ1) is 28.8. The van der Waals surface area contributed by atoms with Crippen LogP contribution in [0.25, 0.3) is 0 Å². The largest absolute Gasteiger partial charge is 0.445 e. The van der Waals surface area contributed by atoms with Crippen molar-refractivity contribution < 1.29 is 24.0 Å². The Bertz CT molecular complexity index is 1290. The lowest BCUT2D eigenvalue weighted by molar-refractivity contribution is -0.131. The van der Waals surface area contributed by atoms with Crippen LogP contribution in [0, 0.1) is 0 Å². The van der Waals surface area contributed by atoms with Crippen molar-refractivity contribution in [3.8, 4) is 0 Å². The molecule has 3 amide bonds. The van der Waals surface area contributed by atoms with Crippen molar-refractivity contribution in [1.29, 1.82) is 0 Å². The van der Waals surface area contributed by atoms with E-state index in [0.717, 1.165) is 16.7 Å². The van der Waals surface area contributed by atoms with Crippen LogP contribution in [0.4, 0.5) is 4.79 Å². The Kier molecular flexibility index (Phi) is 10.7. The van der Waals surface area contributed by atoms with Crippen molar-refractivity contribution in [2.24, 2.45) is 5.16 Å². The zero-order chi connectivity index (χ0) is 28.2. The first-order chi connectivity index (χ1) is 19.5. The summed E-state index contributed by atoms with van der Waals surface area (Å²) >= 11 is 3.31. The number of carbonyl (C=O) groups is 3. The molecule has 3 atom stereocenters. The molecule has 0 aliphatic carbocycles. The van der Waals surface area contributed by atoms with Gasteiger partial charge in [-0.15, -0.1) is 0 Å². The average molecular weight is 608 g/mol. The predicted octanol–water partition coefficient (Wildman–Crippen LogP) is 4.21. The number of oxime groups is 1. The number of amides is 3. The molecular weight excluding hydrogens is 576 g/mol. The lowest BCUT2D eigenvalue weighted by Crippen LogP contribution is -2.55. The summed E-state index contributed by atoms with van der Waals surface area (Å²) < 4.78 is 5.99. The standard InChI is InChI=1S/C30H31BrN4O5/c31-27-18-24(40-35-27)17-26(28(36)32-19-22-12-6-2-7-13-22)33-29(37)25(16-21-10-4-1-5-11-21)34-30(38)39-20-23-14-8-3-9-15-23/h1-15,24-26H,16-20H2,(H,32,36)(H,33,37)(H,34,38)/t24?,25-,26-/m0/s1.